The van der Waals surface area contributed by atoms with Crippen LogP contribution in [0.15, 0.2) is 72.8 Å². The highest BCUT2D eigenvalue weighted by atomic mass is 28.3. The van der Waals surface area contributed by atoms with Crippen LogP contribution in [0.4, 0.5) is 4.79 Å². The number of rotatable bonds is 7. The maximum Gasteiger partial charge on any atom is 0.408 e. The number of hydrogen-bond acceptors (Lipinski definition) is 6. The predicted octanol–water partition coefficient (Wildman–Crippen LogP) is 5.96. The fraction of sp³-hybridized carbons (Fsp3) is 0.400. The molecule has 1 saturated heterocycles. The summed E-state index contributed by atoms with van der Waals surface area (Å²) in [7, 11) is -0.598. The third-order valence-electron chi connectivity index (χ3n) is 9.03. The van der Waals surface area contributed by atoms with E-state index in [-0.39, 0.29) is 24.3 Å². The van der Waals surface area contributed by atoms with Gasteiger partial charge in [0, 0.05) is 23.7 Å². The van der Waals surface area contributed by atoms with Gasteiger partial charge in [-0.25, -0.2) is 9.59 Å². The molecule has 3 amide bonds. The lowest BCUT2D eigenvalue weighted by Crippen LogP contribution is -2.55. The SMILES string of the molecule is COC(=O)c1ccc(C#Cc2ccc(CC(NC(=O)OC(C)(C)C)C(=O)N3C[Si](C)(C)CC3C(=O)N[C@@H]3CCCc4ccccc43)cc2)cc1. The first-order valence-electron chi connectivity index (χ1n) is 17.2. The number of esters is 1. The van der Waals surface area contributed by atoms with Gasteiger partial charge in [-0.3, -0.25) is 9.59 Å². The quantitative estimate of drug-likeness (QED) is 0.179. The number of nitrogens with zero attached hydrogens (tertiary/aromatic N) is 1. The number of nitrogens with one attached hydrogen (secondary N) is 2. The van der Waals surface area contributed by atoms with Crippen molar-refractivity contribution < 1.29 is 28.7 Å². The minimum atomic E-state index is -1.94. The van der Waals surface area contributed by atoms with E-state index in [4.69, 9.17) is 9.47 Å². The van der Waals surface area contributed by atoms with Crippen LogP contribution in [-0.4, -0.2) is 67.8 Å². The zero-order valence-electron chi connectivity index (χ0n) is 29.8. The van der Waals surface area contributed by atoms with E-state index in [0.29, 0.717) is 17.8 Å². The van der Waals surface area contributed by atoms with Crippen LogP contribution in [0, 0.1) is 11.8 Å². The summed E-state index contributed by atoms with van der Waals surface area (Å²) in [6, 6.07) is 21.6. The van der Waals surface area contributed by atoms with Crippen molar-refractivity contribution in [3.05, 3.63) is 106 Å². The number of ether oxygens (including phenoxy) is 2. The molecular weight excluding hydrogens is 647 g/mol. The normalized spacial score (nSPS) is 18.5. The van der Waals surface area contributed by atoms with Crippen LogP contribution in [0.25, 0.3) is 0 Å². The lowest BCUT2D eigenvalue weighted by atomic mass is 9.87. The van der Waals surface area contributed by atoms with Crippen LogP contribution < -0.4 is 10.6 Å². The smallest absolute Gasteiger partial charge is 0.408 e. The molecule has 0 bridgehead atoms. The van der Waals surface area contributed by atoms with E-state index in [1.54, 1.807) is 49.9 Å². The summed E-state index contributed by atoms with van der Waals surface area (Å²) in [5.41, 5.74) is 4.44. The van der Waals surface area contributed by atoms with Crippen molar-refractivity contribution in [3.8, 4) is 11.8 Å². The van der Waals surface area contributed by atoms with Crippen molar-refractivity contribution in [1.29, 1.82) is 0 Å². The molecule has 0 spiro atoms. The third-order valence-corrected chi connectivity index (χ3v) is 11.7. The van der Waals surface area contributed by atoms with Crippen LogP contribution >= 0.6 is 0 Å². The minimum absolute atomic E-state index is 0.0914. The number of alkyl carbamates (subject to hydrolysis) is 1. The van der Waals surface area contributed by atoms with Gasteiger partial charge in [0.15, 0.2) is 0 Å². The van der Waals surface area contributed by atoms with Crippen LogP contribution in [0.2, 0.25) is 19.1 Å². The Morgan fingerprint density at radius 2 is 1.58 bits per heavy atom. The van der Waals surface area contributed by atoms with Gasteiger partial charge in [0.25, 0.3) is 0 Å². The molecule has 2 aliphatic rings. The molecule has 3 aromatic rings. The lowest BCUT2D eigenvalue weighted by molar-refractivity contribution is -0.140. The van der Waals surface area contributed by atoms with Gasteiger partial charge in [-0.2, -0.15) is 0 Å². The molecule has 0 aromatic heterocycles. The number of aryl methyl sites for hydroxylation is 1. The third kappa shape index (κ3) is 9.42. The molecule has 1 aliphatic heterocycles. The van der Waals surface area contributed by atoms with E-state index in [2.05, 4.69) is 47.7 Å². The van der Waals surface area contributed by atoms with E-state index in [1.165, 1.54) is 12.7 Å². The largest absolute Gasteiger partial charge is 0.465 e. The van der Waals surface area contributed by atoms with Crippen LogP contribution in [0.5, 0.6) is 0 Å². The van der Waals surface area contributed by atoms with Crippen molar-refractivity contribution in [2.24, 2.45) is 0 Å². The molecule has 3 atom stereocenters. The monoisotopic (exact) mass is 693 g/mol. The molecule has 1 aliphatic carbocycles. The maximum atomic E-state index is 14.4. The molecule has 262 valence electrons. The van der Waals surface area contributed by atoms with Gasteiger partial charge in [-0.1, -0.05) is 61.3 Å². The highest BCUT2D eigenvalue weighted by Gasteiger charge is 2.47. The molecule has 0 radical (unpaired) electrons. The highest BCUT2D eigenvalue weighted by molar-refractivity contribution is 6.79. The first-order valence-corrected chi connectivity index (χ1v) is 20.6. The molecule has 2 unspecified atom stereocenters. The minimum Gasteiger partial charge on any atom is -0.465 e. The van der Waals surface area contributed by atoms with Gasteiger partial charge in [0.05, 0.1) is 26.8 Å². The number of methoxy groups -OCH3 is 1. The van der Waals surface area contributed by atoms with Gasteiger partial charge in [-0.15, -0.1) is 0 Å². The average molecular weight is 694 g/mol. The van der Waals surface area contributed by atoms with E-state index in [0.717, 1.165) is 41.5 Å². The van der Waals surface area contributed by atoms with Crippen molar-refractivity contribution in [3.63, 3.8) is 0 Å². The number of hydrogen-bond donors (Lipinski definition) is 2. The number of fused-ring (bicyclic) bond motifs is 1. The fourth-order valence-corrected chi connectivity index (χ4v) is 9.55. The second kappa shape index (κ2) is 15.3. The predicted molar refractivity (Wildman–Crippen MR) is 195 cm³/mol. The standard InChI is InChI=1S/C40H47N3O6Si/c1-40(2,3)49-39(47)42-34(24-29-18-16-27(17-19-29)14-15-28-20-22-31(23-21-28)38(46)48-4)37(45)43-26-50(5,6)25-35(43)36(44)41-33-13-9-11-30-10-7-8-12-32(30)33/h7-8,10,12,16-23,33-35H,9,11,13,24-26H2,1-6H3,(H,41,44)(H,42,47)/t33-,34?,35?/m1/s1. The Hall–Kier alpha value is -4.88. The molecule has 3 aromatic carbocycles. The summed E-state index contributed by atoms with van der Waals surface area (Å²) in [4.78, 5) is 54.8. The van der Waals surface area contributed by atoms with Gasteiger partial charge in [-0.05, 0) is 99.2 Å². The Morgan fingerprint density at radius 1 is 0.940 bits per heavy atom. The number of carbonyl (C=O) groups excluding carboxylic acids is 4. The van der Waals surface area contributed by atoms with Gasteiger partial charge in [0.1, 0.15) is 17.7 Å². The molecule has 2 N–H and O–H groups in total. The summed E-state index contributed by atoms with van der Waals surface area (Å²) in [5, 5.41) is 6.11. The molecule has 9 nitrogen and oxygen atoms in total. The van der Waals surface area contributed by atoms with Gasteiger partial charge >= 0.3 is 12.1 Å². The summed E-state index contributed by atoms with van der Waals surface area (Å²) in [6.45, 7) is 9.71. The van der Waals surface area contributed by atoms with Crippen molar-refractivity contribution in [2.75, 3.05) is 13.3 Å². The van der Waals surface area contributed by atoms with Crippen molar-refractivity contribution >= 4 is 32.0 Å². The van der Waals surface area contributed by atoms with Gasteiger partial charge < -0.3 is 25.0 Å². The molecule has 1 heterocycles. The Bertz CT molecular complexity index is 1790. The molecule has 0 saturated carbocycles. The zero-order chi connectivity index (χ0) is 36.1. The van der Waals surface area contributed by atoms with E-state index in [9.17, 15) is 19.2 Å². The van der Waals surface area contributed by atoms with Crippen LogP contribution in [0.3, 0.4) is 0 Å². The Morgan fingerprint density at radius 3 is 2.22 bits per heavy atom. The summed E-state index contributed by atoms with van der Waals surface area (Å²) in [6.07, 6.45) is 2.89. The number of amides is 3. The van der Waals surface area contributed by atoms with Crippen LogP contribution in [0.1, 0.15) is 77.8 Å². The Balaban J connectivity index is 1.33. The highest BCUT2D eigenvalue weighted by Crippen LogP contribution is 2.32. The first kappa shape index (κ1) is 36.4. The first-order chi connectivity index (χ1) is 23.7. The van der Waals surface area contributed by atoms with E-state index < -0.39 is 37.8 Å². The second-order valence-electron chi connectivity index (χ2n) is 14.9. The zero-order valence-corrected chi connectivity index (χ0v) is 30.8. The molecular formula is C40H47N3O6Si. The number of benzene rings is 3. The van der Waals surface area contributed by atoms with Gasteiger partial charge in [0.2, 0.25) is 11.8 Å². The molecule has 1 fully saturated rings. The molecule has 10 heteroatoms. The Labute approximate surface area is 296 Å². The maximum absolute atomic E-state index is 14.4. The summed E-state index contributed by atoms with van der Waals surface area (Å²) < 4.78 is 10.3. The lowest BCUT2D eigenvalue weighted by Gasteiger charge is -2.32. The fourth-order valence-electron chi connectivity index (χ4n) is 6.67. The topological polar surface area (TPSA) is 114 Å². The van der Waals surface area contributed by atoms with E-state index in [1.807, 2.05) is 36.4 Å². The Kier molecular flexibility index (Phi) is 11.2. The molecule has 5 rings (SSSR count). The van der Waals surface area contributed by atoms with Crippen LogP contribution in [-0.2, 0) is 31.9 Å². The summed E-state index contributed by atoms with van der Waals surface area (Å²) >= 11 is 0. The molecule has 50 heavy (non-hydrogen) atoms. The average Bonchev–Trinajstić information content (AvgIpc) is 3.42. The second-order valence-corrected chi connectivity index (χ2v) is 20.0. The summed E-state index contributed by atoms with van der Waals surface area (Å²) in [5.74, 6) is 5.38. The van der Waals surface area contributed by atoms with Crippen molar-refractivity contribution in [2.45, 2.75) is 89.3 Å². The van der Waals surface area contributed by atoms with Crippen molar-refractivity contribution in [1.82, 2.24) is 15.5 Å². The van der Waals surface area contributed by atoms with E-state index >= 15 is 0 Å². The number of carbonyl (C=O) groups is 4.